The standard InChI is InChI=1S/C15H16N4O4S/c16-15-17-8-10-3-4-19(9-12(10)18-15)24(20,21)11-1-2-13-14(7-11)23-6-5-22-13/h1-2,7-8H,3-6,9H2,(H2,16,17,18). The Bertz CT molecular complexity index is 900. The number of ether oxygens (including phenoxy) is 2. The van der Waals surface area contributed by atoms with Gasteiger partial charge in [-0.15, -0.1) is 0 Å². The van der Waals surface area contributed by atoms with Gasteiger partial charge in [-0.25, -0.2) is 18.4 Å². The fraction of sp³-hybridized carbons (Fsp3) is 0.333. The number of nitrogen functional groups attached to an aromatic ring is 1. The van der Waals surface area contributed by atoms with Crippen molar-refractivity contribution in [3.63, 3.8) is 0 Å². The molecule has 0 radical (unpaired) electrons. The van der Waals surface area contributed by atoms with Crippen molar-refractivity contribution in [3.8, 4) is 11.5 Å². The lowest BCUT2D eigenvalue weighted by Crippen LogP contribution is -2.36. The van der Waals surface area contributed by atoms with Crippen molar-refractivity contribution in [3.05, 3.63) is 35.7 Å². The first kappa shape index (κ1) is 15.2. The van der Waals surface area contributed by atoms with Crippen LogP contribution in [-0.4, -0.2) is 42.4 Å². The first-order chi connectivity index (χ1) is 11.5. The fourth-order valence-electron chi connectivity index (χ4n) is 2.83. The Labute approximate surface area is 139 Å². The van der Waals surface area contributed by atoms with Crippen molar-refractivity contribution in [1.29, 1.82) is 0 Å². The maximum Gasteiger partial charge on any atom is 0.243 e. The fourth-order valence-corrected chi connectivity index (χ4v) is 4.25. The Morgan fingerprint density at radius 3 is 2.79 bits per heavy atom. The molecule has 1 aromatic heterocycles. The topological polar surface area (TPSA) is 108 Å². The van der Waals surface area contributed by atoms with Gasteiger partial charge in [0.05, 0.1) is 17.1 Å². The normalized spacial score (nSPS) is 17.3. The van der Waals surface area contributed by atoms with E-state index in [-0.39, 0.29) is 17.4 Å². The molecule has 126 valence electrons. The minimum atomic E-state index is -3.65. The summed E-state index contributed by atoms with van der Waals surface area (Å²) in [5, 5.41) is 0. The predicted molar refractivity (Wildman–Crippen MR) is 85.2 cm³/mol. The average molecular weight is 348 g/mol. The summed E-state index contributed by atoms with van der Waals surface area (Å²) in [6.45, 7) is 1.42. The van der Waals surface area contributed by atoms with Crippen LogP contribution in [0.25, 0.3) is 0 Å². The van der Waals surface area contributed by atoms with Gasteiger partial charge in [-0.1, -0.05) is 0 Å². The van der Waals surface area contributed by atoms with Crippen molar-refractivity contribution in [1.82, 2.24) is 14.3 Å². The number of nitrogens with zero attached hydrogens (tertiary/aromatic N) is 3. The molecule has 0 bridgehead atoms. The summed E-state index contributed by atoms with van der Waals surface area (Å²) in [5.41, 5.74) is 7.18. The number of anilines is 1. The van der Waals surface area contributed by atoms with E-state index < -0.39 is 10.0 Å². The van der Waals surface area contributed by atoms with E-state index in [1.54, 1.807) is 12.3 Å². The van der Waals surface area contributed by atoms with Gasteiger partial charge in [-0.05, 0) is 24.1 Å². The van der Waals surface area contributed by atoms with Crippen molar-refractivity contribution < 1.29 is 17.9 Å². The molecule has 1 aromatic carbocycles. The summed E-state index contributed by atoms with van der Waals surface area (Å²) in [6, 6.07) is 4.67. The van der Waals surface area contributed by atoms with Gasteiger partial charge < -0.3 is 15.2 Å². The molecule has 0 spiro atoms. The molecule has 2 N–H and O–H groups in total. The van der Waals surface area contributed by atoms with Crippen LogP contribution in [0.15, 0.2) is 29.3 Å². The smallest absolute Gasteiger partial charge is 0.243 e. The van der Waals surface area contributed by atoms with Crippen LogP contribution in [0.4, 0.5) is 5.95 Å². The lowest BCUT2D eigenvalue weighted by atomic mass is 10.1. The number of hydrogen-bond donors (Lipinski definition) is 1. The monoisotopic (exact) mass is 348 g/mol. The van der Waals surface area contributed by atoms with Gasteiger partial charge >= 0.3 is 0 Å². The van der Waals surface area contributed by atoms with Gasteiger partial charge in [0.2, 0.25) is 16.0 Å². The van der Waals surface area contributed by atoms with E-state index >= 15 is 0 Å². The first-order valence-electron chi connectivity index (χ1n) is 7.54. The van der Waals surface area contributed by atoms with Crippen LogP contribution in [0.3, 0.4) is 0 Å². The summed E-state index contributed by atoms with van der Waals surface area (Å²) < 4.78 is 38.1. The predicted octanol–water partition coefficient (Wildman–Crippen LogP) is 0.577. The zero-order valence-electron chi connectivity index (χ0n) is 12.8. The van der Waals surface area contributed by atoms with Crippen molar-refractivity contribution in [2.24, 2.45) is 0 Å². The lowest BCUT2D eigenvalue weighted by molar-refractivity contribution is 0.171. The Balaban J connectivity index is 1.66. The minimum Gasteiger partial charge on any atom is -0.486 e. The summed E-state index contributed by atoms with van der Waals surface area (Å²) in [5.74, 6) is 1.16. The molecule has 0 saturated carbocycles. The van der Waals surface area contributed by atoms with E-state index in [0.29, 0.717) is 43.4 Å². The summed E-state index contributed by atoms with van der Waals surface area (Å²) in [6.07, 6.45) is 2.21. The third kappa shape index (κ3) is 2.55. The lowest BCUT2D eigenvalue weighted by Gasteiger charge is -2.27. The second-order valence-corrected chi connectivity index (χ2v) is 7.53. The van der Waals surface area contributed by atoms with Gasteiger partial charge in [-0.2, -0.15) is 4.31 Å². The van der Waals surface area contributed by atoms with E-state index in [1.807, 2.05) is 0 Å². The molecule has 9 heteroatoms. The van der Waals surface area contributed by atoms with Crippen LogP contribution in [0.1, 0.15) is 11.3 Å². The third-order valence-electron chi connectivity index (χ3n) is 4.08. The van der Waals surface area contributed by atoms with Crippen LogP contribution in [0.2, 0.25) is 0 Å². The molecule has 4 rings (SSSR count). The Morgan fingerprint density at radius 1 is 1.17 bits per heavy atom. The zero-order valence-corrected chi connectivity index (χ0v) is 13.6. The quantitative estimate of drug-likeness (QED) is 0.845. The van der Waals surface area contributed by atoms with E-state index in [4.69, 9.17) is 15.2 Å². The SMILES string of the molecule is Nc1ncc2c(n1)CN(S(=O)(=O)c1ccc3c(c1)OCCO3)CC2. The maximum absolute atomic E-state index is 12.9. The average Bonchev–Trinajstić information content (AvgIpc) is 2.60. The number of nitrogens with two attached hydrogens (primary N) is 1. The largest absolute Gasteiger partial charge is 0.486 e. The van der Waals surface area contributed by atoms with Crippen LogP contribution in [-0.2, 0) is 23.0 Å². The first-order valence-corrected chi connectivity index (χ1v) is 8.98. The highest BCUT2D eigenvalue weighted by Gasteiger charge is 2.30. The molecular formula is C15H16N4O4S. The van der Waals surface area contributed by atoms with E-state index in [0.717, 1.165) is 5.56 Å². The Morgan fingerprint density at radius 2 is 1.96 bits per heavy atom. The highest BCUT2D eigenvalue weighted by Crippen LogP contribution is 2.34. The maximum atomic E-state index is 12.9. The molecule has 0 saturated heterocycles. The molecule has 3 heterocycles. The molecule has 2 aliphatic heterocycles. The van der Waals surface area contributed by atoms with Gasteiger partial charge in [0.1, 0.15) is 13.2 Å². The minimum absolute atomic E-state index is 0.146. The van der Waals surface area contributed by atoms with Gasteiger partial charge in [0.25, 0.3) is 0 Å². The van der Waals surface area contributed by atoms with Crippen LogP contribution in [0.5, 0.6) is 11.5 Å². The Hall–Kier alpha value is -2.39. The van der Waals surface area contributed by atoms with Crippen LogP contribution in [0, 0.1) is 0 Å². The number of fused-ring (bicyclic) bond motifs is 2. The van der Waals surface area contributed by atoms with E-state index in [2.05, 4.69) is 9.97 Å². The second-order valence-electron chi connectivity index (χ2n) is 5.59. The molecule has 0 aliphatic carbocycles. The van der Waals surface area contributed by atoms with Crippen molar-refractivity contribution in [2.75, 3.05) is 25.5 Å². The number of benzene rings is 1. The number of aromatic nitrogens is 2. The number of sulfonamides is 1. The molecule has 24 heavy (non-hydrogen) atoms. The van der Waals surface area contributed by atoms with Crippen LogP contribution >= 0.6 is 0 Å². The zero-order chi connectivity index (χ0) is 16.7. The Kier molecular flexibility index (Phi) is 3.54. The molecule has 2 aliphatic rings. The molecule has 0 unspecified atom stereocenters. The number of rotatable bonds is 2. The van der Waals surface area contributed by atoms with Gasteiger partial charge in [0.15, 0.2) is 11.5 Å². The third-order valence-corrected chi connectivity index (χ3v) is 5.92. The molecule has 8 nitrogen and oxygen atoms in total. The number of hydrogen-bond acceptors (Lipinski definition) is 7. The molecule has 0 atom stereocenters. The van der Waals surface area contributed by atoms with Crippen molar-refractivity contribution >= 4 is 16.0 Å². The molecule has 2 aromatic rings. The summed E-state index contributed by atoms with van der Waals surface area (Å²) in [7, 11) is -3.65. The highest BCUT2D eigenvalue weighted by atomic mass is 32.2. The van der Waals surface area contributed by atoms with E-state index in [1.165, 1.54) is 16.4 Å². The molecule has 0 fully saturated rings. The summed E-state index contributed by atoms with van der Waals surface area (Å²) >= 11 is 0. The van der Waals surface area contributed by atoms with E-state index in [9.17, 15) is 8.42 Å². The highest BCUT2D eigenvalue weighted by molar-refractivity contribution is 7.89. The summed E-state index contributed by atoms with van der Waals surface area (Å²) in [4.78, 5) is 8.29. The second kappa shape index (κ2) is 5.60. The molecule has 0 amide bonds. The van der Waals surface area contributed by atoms with Crippen LogP contribution < -0.4 is 15.2 Å². The van der Waals surface area contributed by atoms with Gasteiger partial charge in [-0.3, -0.25) is 0 Å². The molecular weight excluding hydrogens is 332 g/mol. The van der Waals surface area contributed by atoms with Gasteiger partial charge in [0, 0.05) is 18.8 Å². The van der Waals surface area contributed by atoms with Crippen molar-refractivity contribution in [2.45, 2.75) is 17.9 Å².